The average Bonchev–Trinajstić information content (AvgIpc) is 3.22. The number of hydrogen-bond acceptors (Lipinski definition) is 4. The second-order valence-electron chi connectivity index (χ2n) is 6.69. The first-order valence-electron chi connectivity index (χ1n) is 8.71. The van der Waals surface area contributed by atoms with Crippen molar-refractivity contribution >= 4 is 41.3 Å². The van der Waals surface area contributed by atoms with E-state index in [1.165, 1.54) is 0 Å². The van der Waals surface area contributed by atoms with Crippen molar-refractivity contribution in [2.45, 2.75) is 46.4 Å². The van der Waals surface area contributed by atoms with E-state index < -0.39 is 5.60 Å². The summed E-state index contributed by atoms with van der Waals surface area (Å²) in [4.78, 5) is 9.95. The standard InChI is InChI=1S/C18H29N5OS.HI/c1-5-19-17(22-13-18(4,24)15-7-6-10-25-15)21-11-16-20-8-9-23(16)12-14(2)3;/h6-10,14,24H,5,11-13H2,1-4H3,(H2,19,21,22);1H. The van der Waals surface area contributed by atoms with E-state index >= 15 is 0 Å². The molecule has 1 atom stereocenters. The van der Waals surface area contributed by atoms with Crippen molar-refractivity contribution in [2.24, 2.45) is 10.9 Å². The van der Waals surface area contributed by atoms with Gasteiger partial charge >= 0.3 is 0 Å². The molecule has 0 aliphatic heterocycles. The minimum absolute atomic E-state index is 0. The molecule has 2 aromatic rings. The van der Waals surface area contributed by atoms with E-state index in [1.54, 1.807) is 11.3 Å². The van der Waals surface area contributed by atoms with Gasteiger partial charge in [0.15, 0.2) is 5.96 Å². The second-order valence-corrected chi connectivity index (χ2v) is 7.64. The van der Waals surface area contributed by atoms with E-state index in [0.29, 0.717) is 25.0 Å². The van der Waals surface area contributed by atoms with Gasteiger partial charge in [-0.15, -0.1) is 35.3 Å². The SMILES string of the molecule is CCNC(=NCc1nccn1CC(C)C)NCC(C)(O)c1cccs1.I. The molecule has 0 spiro atoms. The van der Waals surface area contributed by atoms with Gasteiger partial charge < -0.3 is 20.3 Å². The van der Waals surface area contributed by atoms with Gasteiger partial charge in [-0.2, -0.15) is 0 Å². The Bertz CT molecular complexity index is 667. The summed E-state index contributed by atoms with van der Waals surface area (Å²) in [7, 11) is 0. The van der Waals surface area contributed by atoms with E-state index in [2.05, 4.69) is 39.0 Å². The normalized spacial score (nSPS) is 14.0. The minimum atomic E-state index is -0.930. The van der Waals surface area contributed by atoms with E-state index in [0.717, 1.165) is 23.8 Å². The number of imidazole rings is 1. The zero-order chi connectivity index (χ0) is 18.3. The van der Waals surface area contributed by atoms with Crippen LogP contribution >= 0.6 is 35.3 Å². The summed E-state index contributed by atoms with van der Waals surface area (Å²) in [5.41, 5.74) is -0.930. The van der Waals surface area contributed by atoms with E-state index in [-0.39, 0.29) is 24.0 Å². The number of rotatable bonds is 8. The molecule has 6 nitrogen and oxygen atoms in total. The Labute approximate surface area is 177 Å². The number of halogens is 1. The second kappa shape index (κ2) is 10.9. The first-order chi connectivity index (χ1) is 11.9. The van der Waals surface area contributed by atoms with Crippen LogP contribution in [0.1, 0.15) is 38.4 Å². The molecular weight excluding hydrogens is 461 g/mol. The third-order valence-corrected chi connectivity index (χ3v) is 4.86. The summed E-state index contributed by atoms with van der Waals surface area (Å²) >= 11 is 1.55. The van der Waals surface area contributed by atoms with Crippen LogP contribution < -0.4 is 10.6 Å². The summed E-state index contributed by atoms with van der Waals surface area (Å²) in [5.74, 6) is 2.18. The Kier molecular flexibility index (Phi) is 9.59. The zero-order valence-electron chi connectivity index (χ0n) is 15.9. The fourth-order valence-electron chi connectivity index (χ4n) is 2.47. The molecule has 0 saturated carbocycles. The van der Waals surface area contributed by atoms with Crippen LogP contribution in [0, 0.1) is 5.92 Å². The minimum Gasteiger partial charge on any atom is -0.383 e. The van der Waals surface area contributed by atoms with Crippen molar-refractivity contribution in [2.75, 3.05) is 13.1 Å². The zero-order valence-corrected chi connectivity index (χ0v) is 19.0. The fraction of sp³-hybridized carbons (Fsp3) is 0.556. The van der Waals surface area contributed by atoms with Crippen molar-refractivity contribution in [3.63, 3.8) is 0 Å². The lowest BCUT2D eigenvalue weighted by atomic mass is 10.1. The molecule has 0 bridgehead atoms. The third kappa shape index (κ3) is 6.88. The molecule has 8 heteroatoms. The lowest BCUT2D eigenvalue weighted by Gasteiger charge is -2.23. The molecule has 3 N–H and O–H groups in total. The third-order valence-electron chi connectivity index (χ3n) is 3.74. The molecule has 1 unspecified atom stereocenters. The number of guanidine groups is 1. The van der Waals surface area contributed by atoms with Crippen molar-refractivity contribution < 1.29 is 5.11 Å². The first-order valence-corrected chi connectivity index (χ1v) is 9.59. The summed E-state index contributed by atoms with van der Waals surface area (Å²) in [6, 6.07) is 3.89. The lowest BCUT2D eigenvalue weighted by molar-refractivity contribution is 0.0655. The Hall–Kier alpha value is -1.13. The van der Waals surface area contributed by atoms with Gasteiger partial charge in [0.05, 0.1) is 6.54 Å². The predicted octanol–water partition coefficient (Wildman–Crippen LogP) is 3.18. The fourth-order valence-corrected chi connectivity index (χ4v) is 3.26. The molecule has 0 amide bonds. The largest absolute Gasteiger partial charge is 0.383 e. The molecule has 0 radical (unpaired) electrons. The first kappa shape index (κ1) is 22.9. The van der Waals surface area contributed by atoms with Crippen LogP contribution in [0.25, 0.3) is 0 Å². The average molecular weight is 491 g/mol. The van der Waals surface area contributed by atoms with Gasteiger partial charge in [-0.3, -0.25) is 0 Å². The van der Waals surface area contributed by atoms with Crippen LogP contribution in [0.2, 0.25) is 0 Å². The molecule has 0 aromatic carbocycles. The van der Waals surface area contributed by atoms with Crippen LogP contribution in [-0.2, 0) is 18.7 Å². The van der Waals surface area contributed by atoms with Crippen LogP contribution in [-0.4, -0.2) is 33.7 Å². The number of aliphatic hydroxyl groups is 1. The Morgan fingerprint density at radius 1 is 1.42 bits per heavy atom. The highest BCUT2D eigenvalue weighted by Crippen LogP contribution is 2.24. The van der Waals surface area contributed by atoms with Gasteiger partial charge in [-0.25, -0.2) is 9.98 Å². The van der Waals surface area contributed by atoms with Crippen molar-refractivity contribution in [1.29, 1.82) is 0 Å². The predicted molar refractivity (Wildman–Crippen MR) is 119 cm³/mol. The van der Waals surface area contributed by atoms with Gasteiger partial charge in [0.1, 0.15) is 18.0 Å². The number of nitrogens with zero attached hydrogens (tertiary/aromatic N) is 3. The molecule has 0 aliphatic rings. The van der Waals surface area contributed by atoms with Crippen LogP contribution in [0.3, 0.4) is 0 Å². The topological polar surface area (TPSA) is 74.5 Å². The number of aromatic nitrogens is 2. The van der Waals surface area contributed by atoms with E-state index in [4.69, 9.17) is 0 Å². The summed E-state index contributed by atoms with van der Waals surface area (Å²) in [6.45, 7) is 10.8. The summed E-state index contributed by atoms with van der Waals surface area (Å²) in [5, 5.41) is 19.1. The molecule has 0 fully saturated rings. The van der Waals surface area contributed by atoms with Crippen molar-refractivity contribution in [1.82, 2.24) is 20.2 Å². The van der Waals surface area contributed by atoms with Crippen LogP contribution in [0.4, 0.5) is 0 Å². The molecule has 0 saturated heterocycles. The molecule has 2 heterocycles. The Morgan fingerprint density at radius 3 is 2.81 bits per heavy atom. The van der Waals surface area contributed by atoms with Gasteiger partial charge in [0.2, 0.25) is 0 Å². The number of aliphatic imine (C=N–C) groups is 1. The summed E-state index contributed by atoms with van der Waals surface area (Å²) < 4.78 is 2.14. The summed E-state index contributed by atoms with van der Waals surface area (Å²) in [6.07, 6.45) is 3.81. The molecule has 2 aromatic heterocycles. The maximum atomic E-state index is 10.6. The van der Waals surface area contributed by atoms with Gasteiger partial charge in [-0.05, 0) is 31.2 Å². The maximum absolute atomic E-state index is 10.6. The number of hydrogen-bond donors (Lipinski definition) is 3. The molecule has 0 aliphatic carbocycles. The van der Waals surface area contributed by atoms with Gasteiger partial charge in [0.25, 0.3) is 0 Å². The monoisotopic (exact) mass is 491 g/mol. The molecule has 146 valence electrons. The maximum Gasteiger partial charge on any atom is 0.191 e. The highest BCUT2D eigenvalue weighted by atomic mass is 127. The van der Waals surface area contributed by atoms with Crippen LogP contribution in [0.5, 0.6) is 0 Å². The highest BCUT2D eigenvalue weighted by molar-refractivity contribution is 14.0. The van der Waals surface area contributed by atoms with Crippen molar-refractivity contribution in [3.05, 3.63) is 40.6 Å². The van der Waals surface area contributed by atoms with E-state index in [1.807, 2.05) is 43.8 Å². The van der Waals surface area contributed by atoms with Gasteiger partial charge in [-0.1, -0.05) is 19.9 Å². The van der Waals surface area contributed by atoms with Gasteiger partial charge in [0, 0.05) is 30.4 Å². The number of nitrogens with one attached hydrogen (secondary N) is 2. The molecule has 2 rings (SSSR count). The molecule has 26 heavy (non-hydrogen) atoms. The lowest BCUT2D eigenvalue weighted by Crippen LogP contribution is -2.44. The quantitative estimate of drug-likeness (QED) is 0.301. The highest BCUT2D eigenvalue weighted by Gasteiger charge is 2.24. The smallest absolute Gasteiger partial charge is 0.191 e. The van der Waals surface area contributed by atoms with E-state index in [9.17, 15) is 5.11 Å². The Balaban J connectivity index is 0.00000338. The van der Waals surface area contributed by atoms with Crippen LogP contribution in [0.15, 0.2) is 34.9 Å². The number of thiophene rings is 1. The molecular formula is C18H30IN5OS. The Morgan fingerprint density at radius 2 is 2.19 bits per heavy atom. The van der Waals surface area contributed by atoms with Crippen molar-refractivity contribution in [3.8, 4) is 0 Å².